The van der Waals surface area contributed by atoms with Crippen molar-refractivity contribution >= 4 is 11.9 Å². The Labute approximate surface area is 132 Å². The van der Waals surface area contributed by atoms with Crippen LogP contribution in [-0.4, -0.2) is 41.3 Å². The van der Waals surface area contributed by atoms with Crippen molar-refractivity contribution in [1.82, 2.24) is 5.32 Å². The van der Waals surface area contributed by atoms with Crippen LogP contribution in [-0.2, 0) is 0 Å². The van der Waals surface area contributed by atoms with Gasteiger partial charge in [-0.3, -0.25) is 4.79 Å². The minimum absolute atomic E-state index is 0.0161. The van der Waals surface area contributed by atoms with E-state index in [4.69, 9.17) is 14.3 Å². The third-order valence-electron chi connectivity index (χ3n) is 3.00. The molecule has 0 bridgehead atoms. The Hall–Kier alpha value is -2.80. The molecular formula is C16H17NO6. The number of furan rings is 1. The molecule has 23 heavy (non-hydrogen) atoms. The fraction of sp³-hybridized carbons (Fsp3) is 0.250. The number of carbonyl (C=O) groups excluding carboxylic acids is 1. The molecule has 0 aliphatic rings. The topological polar surface area (TPSA) is 109 Å². The number of ether oxygens (including phenoxy) is 1. The summed E-state index contributed by atoms with van der Waals surface area (Å²) in [6.45, 7) is 1.90. The van der Waals surface area contributed by atoms with Crippen LogP contribution in [0, 0.1) is 6.92 Å². The molecule has 1 amide bonds. The Bertz CT molecular complexity index is 693. The van der Waals surface area contributed by atoms with Crippen molar-refractivity contribution in [1.29, 1.82) is 0 Å². The summed E-state index contributed by atoms with van der Waals surface area (Å²) in [5.74, 6) is -1.28. The van der Waals surface area contributed by atoms with Gasteiger partial charge in [-0.15, -0.1) is 0 Å². The molecule has 0 saturated heterocycles. The lowest BCUT2D eigenvalue weighted by molar-refractivity contribution is 0.0695. The van der Waals surface area contributed by atoms with E-state index >= 15 is 0 Å². The minimum Gasteiger partial charge on any atom is -0.491 e. The van der Waals surface area contributed by atoms with Crippen LogP contribution >= 0.6 is 0 Å². The first-order valence-corrected chi connectivity index (χ1v) is 6.93. The number of aryl methyl sites for hydroxylation is 1. The summed E-state index contributed by atoms with van der Waals surface area (Å²) < 4.78 is 10.3. The summed E-state index contributed by atoms with van der Waals surface area (Å²) >= 11 is 0. The highest BCUT2D eigenvalue weighted by Gasteiger charge is 2.15. The van der Waals surface area contributed by atoms with Crippen molar-refractivity contribution in [2.45, 2.75) is 13.0 Å². The number of carboxylic acids is 1. The lowest BCUT2D eigenvalue weighted by atomic mass is 10.2. The molecule has 2 rings (SSSR count). The third kappa shape index (κ3) is 4.86. The second-order valence-corrected chi connectivity index (χ2v) is 5.00. The van der Waals surface area contributed by atoms with Crippen molar-refractivity contribution in [3.63, 3.8) is 0 Å². The van der Waals surface area contributed by atoms with Crippen LogP contribution < -0.4 is 10.1 Å². The van der Waals surface area contributed by atoms with E-state index in [-0.39, 0.29) is 24.5 Å². The lowest BCUT2D eigenvalue weighted by Gasteiger charge is -2.13. The van der Waals surface area contributed by atoms with Crippen LogP contribution in [0.1, 0.15) is 26.5 Å². The fourth-order valence-corrected chi connectivity index (χ4v) is 1.82. The molecule has 7 nitrogen and oxygen atoms in total. The van der Waals surface area contributed by atoms with Crippen LogP contribution in [0.2, 0.25) is 0 Å². The highest BCUT2D eigenvalue weighted by molar-refractivity contribution is 5.95. The Balaban J connectivity index is 1.78. The molecule has 7 heteroatoms. The standard InChI is InChI=1S/C16H17NO6/c1-10-3-2-4-13(5-10)22-9-12(18)7-17-15(19)14-6-11(8-23-14)16(20)21/h2-6,8,12,18H,7,9H2,1H3,(H,17,19)(H,20,21). The van der Waals surface area contributed by atoms with E-state index < -0.39 is 18.0 Å². The second kappa shape index (κ2) is 7.46. The van der Waals surface area contributed by atoms with Gasteiger partial charge in [0.05, 0.1) is 5.56 Å². The van der Waals surface area contributed by atoms with E-state index in [2.05, 4.69) is 5.32 Å². The first kappa shape index (κ1) is 16.6. The lowest BCUT2D eigenvalue weighted by Crippen LogP contribution is -2.35. The normalized spacial score (nSPS) is 11.7. The summed E-state index contributed by atoms with van der Waals surface area (Å²) in [6.07, 6.45) is 0.0718. The third-order valence-corrected chi connectivity index (χ3v) is 3.00. The van der Waals surface area contributed by atoms with Gasteiger partial charge < -0.3 is 24.7 Å². The maximum atomic E-state index is 11.8. The number of nitrogens with one attached hydrogen (secondary N) is 1. The van der Waals surface area contributed by atoms with Crippen LogP contribution in [0.15, 0.2) is 41.0 Å². The molecule has 0 aliphatic carbocycles. The van der Waals surface area contributed by atoms with Crippen LogP contribution in [0.4, 0.5) is 0 Å². The van der Waals surface area contributed by atoms with Gasteiger partial charge in [0.1, 0.15) is 24.7 Å². The highest BCUT2D eigenvalue weighted by atomic mass is 16.5. The number of aliphatic hydroxyl groups excluding tert-OH is 1. The van der Waals surface area contributed by atoms with E-state index in [1.165, 1.54) is 0 Å². The number of hydrogen-bond acceptors (Lipinski definition) is 5. The van der Waals surface area contributed by atoms with E-state index in [0.717, 1.165) is 17.9 Å². The average molecular weight is 319 g/mol. The first-order chi connectivity index (χ1) is 11.0. The van der Waals surface area contributed by atoms with Gasteiger partial charge >= 0.3 is 5.97 Å². The molecule has 0 saturated carbocycles. The summed E-state index contributed by atoms with van der Waals surface area (Å²) in [4.78, 5) is 22.5. The van der Waals surface area contributed by atoms with Crippen molar-refractivity contribution < 1.29 is 29.0 Å². The van der Waals surface area contributed by atoms with Gasteiger partial charge in [0.2, 0.25) is 0 Å². The fourth-order valence-electron chi connectivity index (χ4n) is 1.82. The first-order valence-electron chi connectivity index (χ1n) is 6.93. The van der Waals surface area contributed by atoms with Crippen molar-refractivity contribution in [2.75, 3.05) is 13.2 Å². The van der Waals surface area contributed by atoms with E-state index in [0.29, 0.717) is 5.75 Å². The quantitative estimate of drug-likeness (QED) is 0.713. The predicted octanol–water partition coefficient (Wildman–Crippen LogP) is 1.46. The zero-order valence-electron chi connectivity index (χ0n) is 12.5. The monoisotopic (exact) mass is 319 g/mol. The van der Waals surface area contributed by atoms with Gasteiger partial charge in [-0.05, 0) is 24.6 Å². The number of carboxylic acid groups (broad SMARTS) is 1. The average Bonchev–Trinajstić information content (AvgIpc) is 3.01. The molecule has 1 aromatic heterocycles. The Morgan fingerprint density at radius 2 is 2.13 bits per heavy atom. The smallest absolute Gasteiger partial charge is 0.338 e. The Kier molecular flexibility index (Phi) is 5.37. The zero-order valence-corrected chi connectivity index (χ0v) is 12.5. The van der Waals surface area contributed by atoms with E-state index in [1.54, 1.807) is 6.07 Å². The molecule has 0 aliphatic heterocycles. The molecule has 1 heterocycles. The number of amides is 1. The largest absolute Gasteiger partial charge is 0.491 e. The minimum atomic E-state index is -1.18. The zero-order chi connectivity index (χ0) is 16.8. The Morgan fingerprint density at radius 3 is 2.78 bits per heavy atom. The van der Waals surface area contributed by atoms with E-state index in [9.17, 15) is 14.7 Å². The molecule has 1 aromatic carbocycles. The summed E-state index contributed by atoms with van der Waals surface area (Å²) in [5.41, 5.74) is 0.927. The van der Waals surface area contributed by atoms with Crippen molar-refractivity contribution in [3.05, 3.63) is 53.5 Å². The number of hydrogen-bond donors (Lipinski definition) is 3. The molecular weight excluding hydrogens is 302 g/mol. The highest BCUT2D eigenvalue weighted by Crippen LogP contribution is 2.12. The van der Waals surface area contributed by atoms with Crippen LogP contribution in [0.5, 0.6) is 5.75 Å². The van der Waals surface area contributed by atoms with Crippen LogP contribution in [0.3, 0.4) is 0 Å². The van der Waals surface area contributed by atoms with Crippen LogP contribution in [0.25, 0.3) is 0 Å². The SMILES string of the molecule is Cc1cccc(OCC(O)CNC(=O)c2cc(C(=O)O)co2)c1. The number of rotatable bonds is 7. The second-order valence-electron chi connectivity index (χ2n) is 5.00. The van der Waals surface area contributed by atoms with Gasteiger partial charge in [0, 0.05) is 12.6 Å². The molecule has 0 radical (unpaired) electrons. The van der Waals surface area contributed by atoms with Crippen molar-refractivity contribution in [3.8, 4) is 5.75 Å². The van der Waals surface area contributed by atoms with Crippen molar-refractivity contribution in [2.24, 2.45) is 0 Å². The molecule has 1 unspecified atom stereocenters. The number of aromatic carboxylic acids is 1. The summed E-state index contributed by atoms with van der Waals surface area (Å²) in [5, 5.41) is 21.0. The van der Waals surface area contributed by atoms with Gasteiger partial charge in [-0.1, -0.05) is 12.1 Å². The van der Waals surface area contributed by atoms with E-state index in [1.807, 2.05) is 25.1 Å². The molecule has 0 spiro atoms. The maximum absolute atomic E-state index is 11.8. The molecule has 122 valence electrons. The van der Waals surface area contributed by atoms with Gasteiger partial charge in [0.15, 0.2) is 5.76 Å². The van der Waals surface area contributed by atoms with Gasteiger partial charge in [-0.2, -0.15) is 0 Å². The molecule has 3 N–H and O–H groups in total. The Morgan fingerprint density at radius 1 is 1.35 bits per heavy atom. The van der Waals surface area contributed by atoms with Gasteiger partial charge in [-0.25, -0.2) is 4.79 Å². The molecule has 2 aromatic rings. The summed E-state index contributed by atoms with van der Waals surface area (Å²) in [7, 11) is 0. The summed E-state index contributed by atoms with van der Waals surface area (Å²) in [6, 6.07) is 8.50. The molecule has 0 fully saturated rings. The number of benzene rings is 1. The predicted molar refractivity (Wildman–Crippen MR) is 80.7 cm³/mol. The molecule has 1 atom stereocenters. The number of aliphatic hydroxyl groups is 1. The maximum Gasteiger partial charge on any atom is 0.338 e. The van der Waals surface area contributed by atoms with Gasteiger partial charge in [0.25, 0.3) is 5.91 Å². The number of carbonyl (C=O) groups is 2.